The fraction of sp³-hybridized carbons (Fsp3) is 0.316. The van der Waals surface area contributed by atoms with Crippen LogP contribution in [0.15, 0.2) is 59.6 Å². The highest BCUT2D eigenvalue weighted by Crippen LogP contribution is 2.20. The Morgan fingerprint density at radius 3 is 1.88 bits per heavy atom. The number of benzene rings is 2. The van der Waals surface area contributed by atoms with Crippen molar-refractivity contribution in [1.29, 1.82) is 0 Å². The van der Waals surface area contributed by atoms with Crippen molar-refractivity contribution in [3.05, 3.63) is 60.2 Å². The van der Waals surface area contributed by atoms with Crippen LogP contribution in [0.25, 0.3) is 0 Å². The largest absolute Gasteiger partial charge is 0.384 e. The number of anilines is 2. The third-order valence-electron chi connectivity index (χ3n) is 4.26. The molecule has 0 bridgehead atoms. The Labute approximate surface area is 150 Å². The predicted molar refractivity (Wildman–Crippen MR) is 106 cm³/mol. The van der Waals surface area contributed by atoms with E-state index in [1.165, 1.54) is 11.4 Å². The van der Waals surface area contributed by atoms with Gasteiger partial charge < -0.3 is 15.5 Å². The van der Waals surface area contributed by atoms with E-state index in [0.29, 0.717) is 5.84 Å². The molecule has 1 saturated heterocycles. The van der Waals surface area contributed by atoms with Gasteiger partial charge in [0.15, 0.2) is 0 Å². The molecule has 1 heterocycles. The first-order valence-electron chi connectivity index (χ1n) is 8.23. The molecule has 0 atom stereocenters. The minimum Gasteiger partial charge on any atom is -0.384 e. The molecular weight excluding hydrogens is 320 g/mol. The van der Waals surface area contributed by atoms with E-state index in [1.54, 1.807) is 0 Å². The number of amidine groups is 1. The normalized spacial score (nSPS) is 15.1. The molecule has 2 aromatic carbocycles. The first-order valence-corrected chi connectivity index (χ1v) is 8.23. The number of para-hydroxylation sites is 1. The van der Waals surface area contributed by atoms with Gasteiger partial charge in [0.25, 0.3) is 0 Å². The lowest BCUT2D eigenvalue weighted by molar-refractivity contribution is 0.653. The van der Waals surface area contributed by atoms with E-state index >= 15 is 0 Å². The number of nitrogens with zero attached hydrogens (tertiary/aromatic N) is 3. The molecule has 128 valence electrons. The molecular formula is C19H25ClN4. The number of halogens is 1. The Morgan fingerprint density at radius 1 is 0.875 bits per heavy atom. The zero-order valence-electron chi connectivity index (χ0n) is 14.1. The SMILES string of the molecule is CCN=C(N)c1ccc(N2CCN(c3ccccc3)CC2)cc1.Cl. The highest BCUT2D eigenvalue weighted by Gasteiger charge is 2.17. The van der Waals surface area contributed by atoms with Crippen molar-refractivity contribution in [1.82, 2.24) is 0 Å². The third kappa shape index (κ3) is 4.20. The van der Waals surface area contributed by atoms with Gasteiger partial charge in [-0.25, -0.2) is 0 Å². The maximum atomic E-state index is 5.95. The molecule has 4 nitrogen and oxygen atoms in total. The van der Waals surface area contributed by atoms with Crippen molar-refractivity contribution in [3.8, 4) is 0 Å². The fourth-order valence-electron chi connectivity index (χ4n) is 2.97. The molecule has 2 N–H and O–H groups in total. The molecule has 0 radical (unpaired) electrons. The molecule has 0 saturated carbocycles. The minimum atomic E-state index is 0. The van der Waals surface area contributed by atoms with Crippen LogP contribution in [0.3, 0.4) is 0 Å². The molecule has 0 spiro atoms. The number of rotatable bonds is 4. The van der Waals surface area contributed by atoms with Gasteiger partial charge in [-0.05, 0) is 43.3 Å². The van der Waals surface area contributed by atoms with Gasteiger partial charge in [-0.1, -0.05) is 18.2 Å². The van der Waals surface area contributed by atoms with Crippen LogP contribution in [0, 0.1) is 0 Å². The Hall–Kier alpha value is -2.20. The van der Waals surface area contributed by atoms with Crippen molar-refractivity contribution in [2.75, 3.05) is 42.5 Å². The van der Waals surface area contributed by atoms with Crippen molar-refractivity contribution >= 4 is 29.6 Å². The van der Waals surface area contributed by atoms with Crippen LogP contribution in [0.4, 0.5) is 11.4 Å². The van der Waals surface area contributed by atoms with Crippen LogP contribution >= 0.6 is 12.4 Å². The molecule has 3 rings (SSSR count). The summed E-state index contributed by atoms with van der Waals surface area (Å²) in [6.07, 6.45) is 0. The fourth-order valence-corrected chi connectivity index (χ4v) is 2.97. The number of piperazine rings is 1. The van der Waals surface area contributed by atoms with Crippen LogP contribution in [0.5, 0.6) is 0 Å². The van der Waals surface area contributed by atoms with Gasteiger partial charge in [-0.2, -0.15) is 0 Å². The first kappa shape index (κ1) is 18.1. The number of hydrogen-bond acceptors (Lipinski definition) is 3. The second-order valence-electron chi connectivity index (χ2n) is 5.72. The number of aliphatic imine (C=N–C) groups is 1. The summed E-state index contributed by atoms with van der Waals surface area (Å²) in [6.45, 7) is 6.87. The summed E-state index contributed by atoms with van der Waals surface area (Å²) in [7, 11) is 0. The molecule has 0 amide bonds. The van der Waals surface area contributed by atoms with Gasteiger partial charge in [0.05, 0.1) is 0 Å². The summed E-state index contributed by atoms with van der Waals surface area (Å²) in [4.78, 5) is 9.12. The molecule has 5 heteroatoms. The topological polar surface area (TPSA) is 44.9 Å². The predicted octanol–water partition coefficient (Wildman–Crippen LogP) is 3.16. The molecule has 0 unspecified atom stereocenters. The average molecular weight is 345 g/mol. The van der Waals surface area contributed by atoms with E-state index in [4.69, 9.17) is 5.73 Å². The summed E-state index contributed by atoms with van der Waals surface area (Å²) < 4.78 is 0. The monoisotopic (exact) mass is 344 g/mol. The minimum absolute atomic E-state index is 0. The van der Waals surface area contributed by atoms with Gasteiger partial charge in [0.1, 0.15) is 5.84 Å². The van der Waals surface area contributed by atoms with Crippen LogP contribution in [-0.4, -0.2) is 38.6 Å². The van der Waals surface area contributed by atoms with E-state index in [9.17, 15) is 0 Å². The molecule has 1 fully saturated rings. The summed E-state index contributed by atoms with van der Waals surface area (Å²) in [6, 6.07) is 19.0. The van der Waals surface area contributed by atoms with E-state index in [-0.39, 0.29) is 12.4 Å². The second-order valence-corrected chi connectivity index (χ2v) is 5.72. The molecule has 2 aromatic rings. The zero-order chi connectivity index (χ0) is 16.1. The van der Waals surface area contributed by atoms with Crippen LogP contribution in [0.2, 0.25) is 0 Å². The standard InChI is InChI=1S/C19H24N4.ClH/c1-2-21-19(20)16-8-10-18(11-9-16)23-14-12-22(13-15-23)17-6-4-3-5-7-17;/h3-11H,2,12-15H2,1H3,(H2,20,21);1H. The smallest absolute Gasteiger partial charge is 0.125 e. The summed E-state index contributed by atoms with van der Waals surface area (Å²) >= 11 is 0. The lowest BCUT2D eigenvalue weighted by Gasteiger charge is -2.37. The van der Waals surface area contributed by atoms with Crippen molar-refractivity contribution in [2.45, 2.75) is 6.92 Å². The summed E-state index contributed by atoms with van der Waals surface area (Å²) in [5.74, 6) is 0.618. The molecule has 0 aromatic heterocycles. The average Bonchev–Trinajstić information content (AvgIpc) is 2.63. The van der Waals surface area contributed by atoms with E-state index < -0.39 is 0 Å². The molecule has 1 aliphatic rings. The van der Waals surface area contributed by atoms with Crippen LogP contribution in [-0.2, 0) is 0 Å². The Bertz CT molecular complexity index is 647. The lowest BCUT2D eigenvalue weighted by atomic mass is 10.1. The Morgan fingerprint density at radius 2 is 1.38 bits per heavy atom. The highest BCUT2D eigenvalue weighted by molar-refractivity contribution is 5.97. The molecule has 1 aliphatic heterocycles. The van der Waals surface area contributed by atoms with E-state index in [2.05, 4.69) is 69.4 Å². The van der Waals surface area contributed by atoms with Gasteiger partial charge >= 0.3 is 0 Å². The quantitative estimate of drug-likeness (QED) is 0.684. The van der Waals surface area contributed by atoms with E-state index in [0.717, 1.165) is 38.3 Å². The maximum Gasteiger partial charge on any atom is 0.125 e. The van der Waals surface area contributed by atoms with Crippen LogP contribution < -0.4 is 15.5 Å². The summed E-state index contributed by atoms with van der Waals surface area (Å²) in [5, 5.41) is 0. The number of hydrogen-bond donors (Lipinski definition) is 1. The zero-order valence-corrected chi connectivity index (χ0v) is 14.9. The molecule has 0 aliphatic carbocycles. The van der Waals surface area contributed by atoms with Crippen LogP contribution in [0.1, 0.15) is 12.5 Å². The first-order chi connectivity index (χ1) is 11.3. The van der Waals surface area contributed by atoms with E-state index in [1.807, 2.05) is 6.92 Å². The van der Waals surface area contributed by atoms with Gasteiger partial charge in [-0.3, -0.25) is 4.99 Å². The Kier molecular flexibility index (Phi) is 6.50. The molecule has 24 heavy (non-hydrogen) atoms. The highest BCUT2D eigenvalue weighted by atomic mass is 35.5. The van der Waals surface area contributed by atoms with Gasteiger partial charge in [0.2, 0.25) is 0 Å². The van der Waals surface area contributed by atoms with Crippen molar-refractivity contribution in [2.24, 2.45) is 10.7 Å². The summed E-state index contributed by atoms with van der Waals surface area (Å²) in [5.41, 5.74) is 9.51. The number of nitrogens with two attached hydrogens (primary N) is 1. The van der Waals surface area contributed by atoms with Gasteiger partial charge in [0, 0.05) is 49.7 Å². The third-order valence-corrected chi connectivity index (χ3v) is 4.26. The van der Waals surface area contributed by atoms with Crippen molar-refractivity contribution < 1.29 is 0 Å². The Balaban J connectivity index is 0.00000208. The maximum absolute atomic E-state index is 5.95. The van der Waals surface area contributed by atoms with Gasteiger partial charge in [-0.15, -0.1) is 12.4 Å². The second kappa shape index (κ2) is 8.60. The lowest BCUT2D eigenvalue weighted by Crippen LogP contribution is -2.46. The van der Waals surface area contributed by atoms with Crippen molar-refractivity contribution in [3.63, 3.8) is 0 Å².